The van der Waals surface area contributed by atoms with E-state index in [9.17, 15) is 0 Å². The van der Waals surface area contributed by atoms with Crippen LogP contribution in [-0.2, 0) is 6.42 Å². The molecule has 0 saturated carbocycles. The number of methoxy groups -OCH3 is 1. The van der Waals surface area contributed by atoms with E-state index in [2.05, 4.69) is 46.3 Å². The number of hydrogen-bond donors (Lipinski definition) is 1. The van der Waals surface area contributed by atoms with Crippen molar-refractivity contribution in [3.05, 3.63) is 63.6 Å². The first-order chi connectivity index (χ1) is 9.20. The molecule has 0 spiro atoms. The fraction of sp³-hybridized carbons (Fsp3) is 0.250. The van der Waals surface area contributed by atoms with E-state index in [0.29, 0.717) is 5.92 Å². The molecule has 3 rings (SSSR count). The van der Waals surface area contributed by atoms with Crippen molar-refractivity contribution < 1.29 is 4.74 Å². The fourth-order valence-corrected chi connectivity index (χ4v) is 3.18. The van der Waals surface area contributed by atoms with Gasteiger partial charge in [-0.3, -0.25) is 0 Å². The highest BCUT2D eigenvalue weighted by molar-refractivity contribution is 9.10. The summed E-state index contributed by atoms with van der Waals surface area (Å²) in [5.74, 6) is 1.25. The third kappa shape index (κ3) is 2.17. The lowest BCUT2D eigenvalue weighted by Crippen LogP contribution is -2.29. The molecule has 2 atom stereocenters. The Balaban J connectivity index is 1.94. The number of fused-ring (bicyclic) bond motifs is 1. The average Bonchev–Trinajstić information content (AvgIpc) is 2.40. The van der Waals surface area contributed by atoms with Crippen LogP contribution in [0.15, 0.2) is 46.9 Å². The maximum atomic E-state index is 6.46. The van der Waals surface area contributed by atoms with Gasteiger partial charge in [0, 0.05) is 22.0 Å². The third-order valence-corrected chi connectivity index (χ3v) is 4.37. The zero-order valence-corrected chi connectivity index (χ0v) is 12.4. The lowest BCUT2D eigenvalue weighted by Gasteiger charge is -2.35. The van der Waals surface area contributed by atoms with Gasteiger partial charge in [0.1, 0.15) is 5.75 Å². The molecule has 0 saturated heterocycles. The zero-order chi connectivity index (χ0) is 13.4. The SMILES string of the molecule is COc1ccc(Br)cc1C(N)C1Cc2ccccc21. The van der Waals surface area contributed by atoms with Gasteiger partial charge in [0.05, 0.1) is 7.11 Å². The number of ether oxygens (including phenoxy) is 1. The summed E-state index contributed by atoms with van der Waals surface area (Å²) < 4.78 is 6.46. The van der Waals surface area contributed by atoms with E-state index >= 15 is 0 Å². The first-order valence-electron chi connectivity index (χ1n) is 6.37. The van der Waals surface area contributed by atoms with Crippen LogP contribution < -0.4 is 10.5 Å². The monoisotopic (exact) mass is 317 g/mol. The van der Waals surface area contributed by atoms with Gasteiger partial charge < -0.3 is 10.5 Å². The van der Waals surface area contributed by atoms with E-state index in [1.54, 1.807) is 7.11 Å². The van der Waals surface area contributed by atoms with Crippen molar-refractivity contribution in [2.75, 3.05) is 7.11 Å². The summed E-state index contributed by atoms with van der Waals surface area (Å²) in [4.78, 5) is 0. The molecular weight excluding hydrogens is 302 g/mol. The summed E-state index contributed by atoms with van der Waals surface area (Å²) in [7, 11) is 1.69. The van der Waals surface area contributed by atoms with Crippen LogP contribution in [0.1, 0.15) is 28.7 Å². The number of nitrogens with two attached hydrogens (primary N) is 1. The average molecular weight is 318 g/mol. The largest absolute Gasteiger partial charge is 0.496 e. The number of benzene rings is 2. The Labute approximate surface area is 121 Å². The Bertz CT molecular complexity index is 611. The molecule has 19 heavy (non-hydrogen) atoms. The summed E-state index contributed by atoms with van der Waals surface area (Å²) in [5, 5.41) is 0. The summed E-state index contributed by atoms with van der Waals surface area (Å²) in [5.41, 5.74) is 10.3. The number of halogens is 1. The Morgan fingerprint density at radius 2 is 2.05 bits per heavy atom. The van der Waals surface area contributed by atoms with Crippen molar-refractivity contribution in [1.82, 2.24) is 0 Å². The van der Waals surface area contributed by atoms with Gasteiger partial charge >= 0.3 is 0 Å². The van der Waals surface area contributed by atoms with Crippen LogP contribution in [0.5, 0.6) is 5.75 Å². The van der Waals surface area contributed by atoms with Gasteiger partial charge in [-0.25, -0.2) is 0 Å². The summed E-state index contributed by atoms with van der Waals surface area (Å²) in [6.45, 7) is 0. The zero-order valence-electron chi connectivity index (χ0n) is 10.8. The molecule has 98 valence electrons. The van der Waals surface area contributed by atoms with Gasteiger partial charge in [0.25, 0.3) is 0 Å². The smallest absolute Gasteiger partial charge is 0.123 e. The lowest BCUT2D eigenvalue weighted by molar-refractivity contribution is 0.396. The standard InChI is InChI=1S/C16H16BrNO/c1-19-15-7-6-11(17)9-14(15)16(18)13-8-10-4-2-3-5-12(10)13/h2-7,9,13,16H,8,18H2,1H3. The van der Waals surface area contributed by atoms with Crippen molar-refractivity contribution in [2.24, 2.45) is 5.73 Å². The van der Waals surface area contributed by atoms with Gasteiger partial charge in [-0.15, -0.1) is 0 Å². The second-order valence-corrected chi connectivity index (χ2v) is 5.84. The first kappa shape index (κ1) is 12.7. The van der Waals surface area contributed by atoms with Crippen LogP contribution in [0.3, 0.4) is 0 Å². The molecule has 0 heterocycles. The highest BCUT2D eigenvalue weighted by atomic mass is 79.9. The molecule has 2 aromatic rings. The molecule has 2 nitrogen and oxygen atoms in total. The minimum Gasteiger partial charge on any atom is -0.496 e. The quantitative estimate of drug-likeness (QED) is 0.934. The minimum atomic E-state index is -0.0256. The Kier molecular flexibility index (Phi) is 3.33. The van der Waals surface area contributed by atoms with E-state index < -0.39 is 0 Å². The molecular formula is C16H16BrNO. The van der Waals surface area contributed by atoms with Gasteiger partial charge in [-0.2, -0.15) is 0 Å². The Hall–Kier alpha value is -1.32. The predicted octanol–water partition coefficient (Wildman–Crippen LogP) is 3.80. The van der Waals surface area contributed by atoms with Crippen molar-refractivity contribution >= 4 is 15.9 Å². The summed E-state index contributed by atoms with van der Waals surface area (Å²) in [6.07, 6.45) is 1.05. The normalized spacial score (nSPS) is 18.4. The van der Waals surface area contributed by atoms with Crippen LogP contribution in [0, 0.1) is 0 Å². The second-order valence-electron chi connectivity index (χ2n) is 4.92. The fourth-order valence-electron chi connectivity index (χ4n) is 2.80. The van der Waals surface area contributed by atoms with E-state index in [-0.39, 0.29) is 6.04 Å². The van der Waals surface area contributed by atoms with Crippen LogP contribution in [0.2, 0.25) is 0 Å². The second kappa shape index (κ2) is 4.99. The van der Waals surface area contributed by atoms with E-state index in [0.717, 1.165) is 22.2 Å². The highest BCUT2D eigenvalue weighted by Gasteiger charge is 2.32. The maximum absolute atomic E-state index is 6.46. The maximum Gasteiger partial charge on any atom is 0.123 e. The Morgan fingerprint density at radius 3 is 2.79 bits per heavy atom. The molecule has 0 aliphatic heterocycles. The van der Waals surface area contributed by atoms with E-state index in [4.69, 9.17) is 10.5 Å². The molecule has 2 N–H and O–H groups in total. The molecule has 0 bridgehead atoms. The van der Waals surface area contributed by atoms with Crippen molar-refractivity contribution in [2.45, 2.75) is 18.4 Å². The highest BCUT2D eigenvalue weighted by Crippen LogP contribution is 2.44. The third-order valence-electron chi connectivity index (χ3n) is 3.88. The van der Waals surface area contributed by atoms with Crippen LogP contribution >= 0.6 is 15.9 Å². The molecule has 2 unspecified atom stereocenters. The first-order valence-corrected chi connectivity index (χ1v) is 7.17. The topological polar surface area (TPSA) is 35.2 Å². The van der Waals surface area contributed by atoms with Crippen LogP contribution in [0.4, 0.5) is 0 Å². The van der Waals surface area contributed by atoms with Crippen LogP contribution in [0.25, 0.3) is 0 Å². The molecule has 3 heteroatoms. The molecule has 1 aliphatic rings. The summed E-state index contributed by atoms with van der Waals surface area (Å²) >= 11 is 3.50. The van der Waals surface area contributed by atoms with Crippen molar-refractivity contribution in [3.8, 4) is 5.75 Å². The molecule has 0 amide bonds. The van der Waals surface area contributed by atoms with E-state index in [1.807, 2.05) is 12.1 Å². The van der Waals surface area contributed by atoms with Crippen molar-refractivity contribution in [1.29, 1.82) is 0 Å². The molecule has 1 aliphatic carbocycles. The summed E-state index contributed by atoms with van der Waals surface area (Å²) in [6, 6.07) is 14.5. The lowest BCUT2D eigenvalue weighted by atomic mass is 9.72. The van der Waals surface area contributed by atoms with Gasteiger partial charge in [-0.1, -0.05) is 40.2 Å². The minimum absolute atomic E-state index is 0.0256. The molecule has 2 aromatic carbocycles. The predicted molar refractivity (Wildman–Crippen MR) is 80.5 cm³/mol. The van der Waals surface area contributed by atoms with Crippen LogP contribution in [-0.4, -0.2) is 7.11 Å². The van der Waals surface area contributed by atoms with Crippen molar-refractivity contribution in [3.63, 3.8) is 0 Å². The molecule has 0 aromatic heterocycles. The molecule has 0 radical (unpaired) electrons. The molecule has 0 fully saturated rings. The number of hydrogen-bond acceptors (Lipinski definition) is 2. The Morgan fingerprint density at radius 1 is 1.26 bits per heavy atom. The van der Waals surface area contributed by atoms with Gasteiger partial charge in [0.2, 0.25) is 0 Å². The van der Waals surface area contributed by atoms with Gasteiger partial charge in [-0.05, 0) is 35.7 Å². The number of rotatable bonds is 3. The van der Waals surface area contributed by atoms with E-state index in [1.165, 1.54) is 11.1 Å². The van der Waals surface area contributed by atoms with Gasteiger partial charge in [0.15, 0.2) is 0 Å².